The van der Waals surface area contributed by atoms with E-state index >= 15 is 0 Å². The van der Waals surface area contributed by atoms with Gasteiger partial charge in [0.15, 0.2) is 4.80 Å². The van der Waals surface area contributed by atoms with Crippen molar-refractivity contribution in [3.63, 3.8) is 0 Å². The lowest BCUT2D eigenvalue weighted by Gasteiger charge is -2.03. The van der Waals surface area contributed by atoms with Crippen molar-refractivity contribution in [2.45, 2.75) is 6.54 Å². The summed E-state index contributed by atoms with van der Waals surface area (Å²) < 4.78 is 8.30. The molecule has 3 aromatic rings. The molecule has 0 saturated heterocycles. The predicted molar refractivity (Wildman–Crippen MR) is 97.7 cm³/mol. The van der Waals surface area contributed by atoms with Gasteiger partial charge in [-0.25, -0.2) is 0 Å². The Labute approximate surface area is 144 Å². The van der Waals surface area contributed by atoms with Crippen LogP contribution >= 0.6 is 11.3 Å². The summed E-state index contributed by atoms with van der Waals surface area (Å²) in [7, 11) is 1.67. The first-order valence-electron chi connectivity index (χ1n) is 7.67. The molecule has 0 atom stereocenters. The fraction of sp³-hybridized carbons (Fsp3) is 0.158. The van der Waals surface area contributed by atoms with Gasteiger partial charge in [-0.05, 0) is 23.8 Å². The van der Waals surface area contributed by atoms with E-state index < -0.39 is 0 Å². The van der Waals surface area contributed by atoms with E-state index in [1.165, 1.54) is 17.4 Å². The maximum absolute atomic E-state index is 12.2. The third kappa shape index (κ3) is 3.88. The van der Waals surface area contributed by atoms with Crippen LogP contribution in [0.25, 0.3) is 16.3 Å². The lowest BCUT2D eigenvalue weighted by molar-refractivity contribution is -0.113. The van der Waals surface area contributed by atoms with Crippen LogP contribution in [0.4, 0.5) is 0 Å². The summed E-state index contributed by atoms with van der Waals surface area (Å²) >= 11 is 1.51. The average molecular weight is 338 g/mol. The Morgan fingerprint density at radius 3 is 2.71 bits per heavy atom. The molecule has 0 aliphatic carbocycles. The number of fused-ring (bicyclic) bond motifs is 1. The van der Waals surface area contributed by atoms with Crippen LogP contribution in [0.2, 0.25) is 0 Å². The highest BCUT2D eigenvalue weighted by Crippen LogP contribution is 2.16. The summed E-state index contributed by atoms with van der Waals surface area (Å²) in [5.74, 6) is -0.267. The highest BCUT2D eigenvalue weighted by Gasteiger charge is 2.06. The van der Waals surface area contributed by atoms with Gasteiger partial charge in [0.2, 0.25) is 0 Å². The lowest BCUT2D eigenvalue weighted by atomic mass is 10.2. The smallest absolute Gasteiger partial charge is 0.272 e. The van der Waals surface area contributed by atoms with E-state index in [4.69, 9.17) is 4.74 Å². The fourth-order valence-electron chi connectivity index (χ4n) is 2.37. The number of methoxy groups -OCH3 is 1. The number of hydrogen-bond acceptors (Lipinski definition) is 3. The number of para-hydroxylation sites is 1. The van der Waals surface area contributed by atoms with Gasteiger partial charge in [-0.2, -0.15) is 4.99 Å². The lowest BCUT2D eigenvalue weighted by Crippen LogP contribution is -2.18. The number of nitrogens with zero attached hydrogens (tertiary/aromatic N) is 2. The van der Waals surface area contributed by atoms with E-state index in [1.807, 2.05) is 59.2 Å². The van der Waals surface area contributed by atoms with Gasteiger partial charge in [-0.15, -0.1) is 0 Å². The number of rotatable bonds is 5. The van der Waals surface area contributed by atoms with E-state index in [-0.39, 0.29) is 5.91 Å². The van der Waals surface area contributed by atoms with E-state index in [1.54, 1.807) is 13.2 Å². The van der Waals surface area contributed by atoms with Crippen LogP contribution in [0.5, 0.6) is 0 Å². The Kier molecular flexibility index (Phi) is 5.36. The van der Waals surface area contributed by atoms with Gasteiger partial charge in [0.25, 0.3) is 5.91 Å². The van der Waals surface area contributed by atoms with Gasteiger partial charge in [0, 0.05) is 19.7 Å². The van der Waals surface area contributed by atoms with E-state index in [0.29, 0.717) is 18.0 Å². The van der Waals surface area contributed by atoms with Crippen molar-refractivity contribution in [2.75, 3.05) is 13.7 Å². The third-order valence-electron chi connectivity index (χ3n) is 3.53. The summed E-state index contributed by atoms with van der Waals surface area (Å²) in [5, 5.41) is 0. The number of ether oxygens (including phenoxy) is 1. The molecule has 1 amide bonds. The molecule has 0 aliphatic heterocycles. The van der Waals surface area contributed by atoms with Crippen LogP contribution in [0.1, 0.15) is 5.56 Å². The number of amides is 1. The second-order valence-corrected chi connectivity index (χ2v) is 6.20. The third-order valence-corrected chi connectivity index (χ3v) is 4.59. The first-order chi connectivity index (χ1) is 11.8. The molecular weight excluding hydrogens is 320 g/mol. The van der Waals surface area contributed by atoms with Crippen molar-refractivity contribution in [1.29, 1.82) is 0 Å². The maximum atomic E-state index is 12.2. The monoisotopic (exact) mass is 338 g/mol. The second kappa shape index (κ2) is 7.86. The SMILES string of the molecule is COCCn1c(=NC(=O)/C=C/c2ccccc2)sc2ccccc21. The van der Waals surface area contributed by atoms with Crippen LogP contribution in [-0.4, -0.2) is 24.2 Å². The molecule has 0 bridgehead atoms. The Balaban J connectivity index is 1.93. The molecule has 4 nitrogen and oxygen atoms in total. The summed E-state index contributed by atoms with van der Waals surface area (Å²) in [6.45, 7) is 1.23. The first kappa shape index (κ1) is 16.4. The molecule has 24 heavy (non-hydrogen) atoms. The zero-order valence-corrected chi connectivity index (χ0v) is 14.2. The van der Waals surface area contributed by atoms with Gasteiger partial charge >= 0.3 is 0 Å². The first-order valence-corrected chi connectivity index (χ1v) is 8.49. The number of carbonyl (C=O) groups is 1. The molecule has 0 N–H and O–H groups in total. The van der Waals surface area contributed by atoms with Crippen LogP contribution in [-0.2, 0) is 16.1 Å². The van der Waals surface area contributed by atoms with Gasteiger partial charge in [0.05, 0.1) is 16.8 Å². The zero-order chi connectivity index (χ0) is 16.8. The Morgan fingerprint density at radius 1 is 1.17 bits per heavy atom. The van der Waals surface area contributed by atoms with Crippen LogP contribution < -0.4 is 4.80 Å². The quantitative estimate of drug-likeness (QED) is 0.669. The molecule has 0 aliphatic rings. The highest BCUT2D eigenvalue weighted by atomic mass is 32.1. The largest absolute Gasteiger partial charge is 0.383 e. The van der Waals surface area contributed by atoms with Crippen molar-refractivity contribution >= 4 is 33.5 Å². The Hall–Kier alpha value is -2.50. The Morgan fingerprint density at radius 2 is 1.92 bits per heavy atom. The molecular formula is C19H18N2O2S. The molecule has 1 heterocycles. The maximum Gasteiger partial charge on any atom is 0.272 e. The predicted octanol–water partition coefficient (Wildman–Crippen LogP) is 3.49. The van der Waals surface area contributed by atoms with Crippen LogP contribution in [0, 0.1) is 0 Å². The molecule has 122 valence electrons. The number of hydrogen-bond donors (Lipinski definition) is 0. The minimum absolute atomic E-state index is 0.267. The van der Waals surface area contributed by atoms with Crippen molar-refractivity contribution in [3.8, 4) is 0 Å². The molecule has 1 aromatic heterocycles. The van der Waals surface area contributed by atoms with Gasteiger partial charge in [-0.3, -0.25) is 4.79 Å². The standard InChI is InChI=1S/C19H18N2O2S/c1-23-14-13-21-16-9-5-6-10-17(16)24-19(21)20-18(22)12-11-15-7-3-2-4-8-15/h2-12H,13-14H2,1H3/b12-11+,20-19?. The number of thiazole rings is 1. The minimum atomic E-state index is -0.267. The summed E-state index contributed by atoms with van der Waals surface area (Å²) in [6.07, 6.45) is 3.28. The van der Waals surface area contributed by atoms with Crippen molar-refractivity contribution in [1.82, 2.24) is 4.57 Å². The normalized spacial score (nSPS) is 12.3. The summed E-state index contributed by atoms with van der Waals surface area (Å²) in [4.78, 5) is 17.2. The highest BCUT2D eigenvalue weighted by molar-refractivity contribution is 7.16. The second-order valence-electron chi connectivity index (χ2n) is 5.19. The van der Waals surface area contributed by atoms with E-state index in [9.17, 15) is 4.79 Å². The zero-order valence-electron chi connectivity index (χ0n) is 13.4. The molecule has 0 saturated carbocycles. The molecule has 5 heteroatoms. The van der Waals surface area contributed by atoms with Crippen LogP contribution in [0.3, 0.4) is 0 Å². The van der Waals surface area contributed by atoms with Gasteiger partial charge in [0.1, 0.15) is 0 Å². The number of benzene rings is 2. The molecule has 0 spiro atoms. The summed E-state index contributed by atoms with van der Waals surface area (Å²) in [6, 6.07) is 17.7. The summed E-state index contributed by atoms with van der Waals surface area (Å²) in [5.41, 5.74) is 2.04. The molecule has 0 radical (unpaired) electrons. The molecule has 2 aromatic carbocycles. The average Bonchev–Trinajstić information content (AvgIpc) is 2.96. The molecule has 0 fully saturated rings. The number of carbonyl (C=O) groups excluding carboxylic acids is 1. The van der Waals surface area contributed by atoms with Crippen molar-refractivity contribution in [2.24, 2.45) is 4.99 Å². The van der Waals surface area contributed by atoms with Crippen molar-refractivity contribution < 1.29 is 9.53 Å². The van der Waals surface area contributed by atoms with E-state index in [0.717, 1.165) is 15.8 Å². The topological polar surface area (TPSA) is 43.6 Å². The molecule has 0 unspecified atom stereocenters. The van der Waals surface area contributed by atoms with Crippen molar-refractivity contribution in [3.05, 3.63) is 71.0 Å². The van der Waals surface area contributed by atoms with Gasteiger partial charge < -0.3 is 9.30 Å². The van der Waals surface area contributed by atoms with Gasteiger partial charge in [-0.1, -0.05) is 53.8 Å². The van der Waals surface area contributed by atoms with E-state index in [2.05, 4.69) is 4.99 Å². The molecule has 3 rings (SSSR count). The minimum Gasteiger partial charge on any atom is -0.383 e. The van der Waals surface area contributed by atoms with Crippen LogP contribution in [0.15, 0.2) is 65.7 Å². The number of aromatic nitrogens is 1. The fourth-order valence-corrected chi connectivity index (χ4v) is 3.43. The Bertz CT molecular complexity index is 923.